The molecular weight excluding hydrogens is 527 g/mol. The molecule has 3 heterocycles. The first-order valence-corrected chi connectivity index (χ1v) is 13.6. The topological polar surface area (TPSA) is 114 Å². The first-order chi connectivity index (χ1) is 19.8. The van der Waals surface area contributed by atoms with Crippen LogP contribution in [0.4, 0.5) is 20.8 Å². The van der Waals surface area contributed by atoms with Crippen molar-refractivity contribution in [2.45, 2.75) is 12.1 Å². The smallest absolute Gasteiger partial charge is 0.413 e. The molecule has 0 bridgehead atoms. The van der Waals surface area contributed by atoms with Gasteiger partial charge in [0.15, 0.2) is 5.72 Å². The molecule has 3 N–H and O–H groups in total. The number of rotatable bonds is 7. The van der Waals surface area contributed by atoms with Crippen LogP contribution in [0.25, 0.3) is 11.0 Å². The van der Waals surface area contributed by atoms with Crippen LogP contribution in [-0.2, 0) is 10.5 Å². The van der Waals surface area contributed by atoms with E-state index >= 15 is 0 Å². The molecule has 2 aliphatic rings. The zero-order chi connectivity index (χ0) is 28.6. The molecule has 1 aromatic heterocycles. The second kappa shape index (κ2) is 10.9. The minimum atomic E-state index is -1.86. The van der Waals surface area contributed by atoms with Crippen LogP contribution in [-0.4, -0.2) is 83.3 Å². The van der Waals surface area contributed by atoms with Crippen molar-refractivity contribution in [3.8, 4) is 0 Å². The summed E-state index contributed by atoms with van der Waals surface area (Å²) in [7, 11) is 2.11. The average molecular weight is 559 g/mol. The Labute approximate surface area is 236 Å². The first-order valence-electron chi connectivity index (χ1n) is 13.6. The lowest BCUT2D eigenvalue weighted by Crippen LogP contribution is -2.45. The van der Waals surface area contributed by atoms with Gasteiger partial charge in [-0.3, -0.25) is 15.0 Å². The van der Waals surface area contributed by atoms with Gasteiger partial charge in [-0.05, 0) is 55.9 Å². The van der Waals surface area contributed by atoms with Gasteiger partial charge in [0.2, 0.25) is 5.95 Å². The molecule has 0 radical (unpaired) electrons. The molecule has 1 saturated heterocycles. The summed E-state index contributed by atoms with van der Waals surface area (Å²) in [6, 6.07) is 17.3. The van der Waals surface area contributed by atoms with E-state index in [1.807, 2.05) is 0 Å². The molecule has 11 heteroatoms. The van der Waals surface area contributed by atoms with E-state index in [9.17, 15) is 19.1 Å². The quantitative estimate of drug-likeness (QED) is 0.296. The molecule has 2 aliphatic heterocycles. The number of halogens is 1. The number of carbonyl (C=O) groups excluding carboxylic acids is 2. The van der Waals surface area contributed by atoms with Crippen LogP contribution in [0.3, 0.4) is 0 Å². The number of hydrogen-bond acceptors (Lipinski definition) is 7. The number of amides is 2. The number of nitrogens with zero attached hydrogens (tertiary/aromatic N) is 4. The van der Waals surface area contributed by atoms with Crippen LogP contribution in [0.1, 0.15) is 27.9 Å². The molecule has 0 saturated carbocycles. The summed E-state index contributed by atoms with van der Waals surface area (Å²) in [4.78, 5) is 39.2. The molecule has 10 nitrogen and oxygen atoms in total. The Morgan fingerprint density at radius 1 is 1.10 bits per heavy atom. The molecule has 41 heavy (non-hydrogen) atoms. The minimum Gasteiger partial charge on any atom is -0.449 e. The SMILES string of the molecule is CN1CCN(CCCOC(=O)Nc2nc3ccc(C4(O)c5ccccc5C(=O)N4c4ccc(F)cc4)cc3[nH]2)CC1. The third-order valence-electron chi connectivity index (χ3n) is 7.70. The Morgan fingerprint density at radius 3 is 2.63 bits per heavy atom. The fourth-order valence-corrected chi connectivity index (χ4v) is 5.48. The average Bonchev–Trinajstić information content (AvgIpc) is 3.48. The second-order valence-corrected chi connectivity index (χ2v) is 10.4. The molecular formula is C30H31FN6O4. The number of piperazine rings is 1. The van der Waals surface area contributed by atoms with Gasteiger partial charge in [0.1, 0.15) is 5.82 Å². The standard InChI is InChI=1S/C30H31FN6O4/c1-35-14-16-36(17-15-35)13-4-18-41-29(39)34-28-32-25-12-7-20(19-26(25)33-28)30(40)24-6-3-2-5-23(24)27(38)37(30)22-10-8-21(31)9-11-22/h2-3,5-12,19,40H,4,13-18H2,1H3,(H2,32,33,34,39). The maximum atomic E-state index is 13.7. The van der Waals surface area contributed by atoms with Crippen molar-refractivity contribution in [3.05, 3.63) is 89.2 Å². The number of fused-ring (bicyclic) bond motifs is 2. The third-order valence-corrected chi connectivity index (χ3v) is 7.70. The molecule has 0 spiro atoms. The number of aromatic amines is 1. The van der Waals surface area contributed by atoms with Crippen molar-refractivity contribution in [3.63, 3.8) is 0 Å². The summed E-state index contributed by atoms with van der Waals surface area (Å²) < 4.78 is 19.0. The van der Waals surface area contributed by atoms with E-state index in [1.54, 1.807) is 42.5 Å². The molecule has 0 aliphatic carbocycles. The number of nitrogens with one attached hydrogen (secondary N) is 2. The van der Waals surface area contributed by atoms with E-state index < -0.39 is 23.5 Å². The van der Waals surface area contributed by atoms with Crippen molar-refractivity contribution >= 4 is 34.7 Å². The highest BCUT2D eigenvalue weighted by Gasteiger charge is 2.50. The monoisotopic (exact) mass is 558 g/mol. The second-order valence-electron chi connectivity index (χ2n) is 10.4. The molecule has 1 unspecified atom stereocenters. The molecule has 3 aromatic carbocycles. The van der Waals surface area contributed by atoms with Gasteiger partial charge in [-0.15, -0.1) is 0 Å². The van der Waals surface area contributed by atoms with Gasteiger partial charge in [-0.2, -0.15) is 0 Å². The Morgan fingerprint density at radius 2 is 1.85 bits per heavy atom. The van der Waals surface area contributed by atoms with Gasteiger partial charge in [0.25, 0.3) is 5.91 Å². The first kappa shape index (κ1) is 26.9. The zero-order valence-corrected chi connectivity index (χ0v) is 22.6. The van der Waals surface area contributed by atoms with E-state index in [4.69, 9.17) is 4.74 Å². The van der Waals surface area contributed by atoms with E-state index in [1.165, 1.54) is 29.2 Å². The molecule has 212 valence electrons. The van der Waals surface area contributed by atoms with Crippen LogP contribution in [0.2, 0.25) is 0 Å². The Bertz CT molecular complexity index is 1580. The van der Waals surface area contributed by atoms with Crippen molar-refractivity contribution in [1.82, 2.24) is 19.8 Å². The maximum absolute atomic E-state index is 13.7. The summed E-state index contributed by atoms with van der Waals surface area (Å²) in [5, 5.41) is 14.8. The van der Waals surface area contributed by atoms with Gasteiger partial charge in [-0.1, -0.05) is 24.3 Å². The van der Waals surface area contributed by atoms with Gasteiger partial charge >= 0.3 is 6.09 Å². The zero-order valence-electron chi connectivity index (χ0n) is 22.6. The predicted molar refractivity (Wildman–Crippen MR) is 152 cm³/mol. The number of benzene rings is 3. The normalized spacial score (nSPS) is 19.5. The minimum absolute atomic E-state index is 0.200. The number of imidazole rings is 1. The molecule has 6 rings (SSSR count). The van der Waals surface area contributed by atoms with E-state index in [0.29, 0.717) is 40.0 Å². The van der Waals surface area contributed by atoms with Crippen molar-refractivity contribution in [2.75, 3.05) is 56.6 Å². The number of H-pyrrole nitrogens is 1. The molecule has 1 atom stereocenters. The highest BCUT2D eigenvalue weighted by atomic mass is 19.1. The summed E-state index contributed by atoms with van der Waals surface area (Å²) in [5.74, 6) is -0.655. The Balaban J connectivity index is 1.19. The number of ether oxygens (including phenoxy) is 1. The number of hydrogen-bond donors (Lipinski definition) is 3. The fourth-order valence-electron chi connectivity index (χ4n) is 5.48. The maximum Gasteiger partial charge on any atom is 0.413 e. The van der Waals surface area contributed by atoms with Crippen molar-refractivity contribution < 1.29 is 23.8 Å². The predicted octanol–water partition coefficient (Wildman–Crippen LogP) is 3.74. The van der Waals surface area contributed by atoms with Gasteiger partial charge in [0.05, 0.1) is 17.6 Å². The van der Waals surface area contributed by atoms with Crippen LogP contribution in [0, 0.1) is 5.82 Å². The number of aromatic nitrogens is 2. The van der Waals surface area contributed by atoms with E-state index in [-0.39, 0.29) is 5.95 Å². The van der Waals surface area contributed by atoms with Crippen molar-refractivity contribution in [2.24, 2.45) is 0 Å². The van der Waals surface area contributed by atoms with Crippen LogP contribution in [0.15, 0.2) is 66.7 Å². The third kappa shape index (κ3) is 5.15. The van der Waals surface area contributed by atoms with Gasteiger partial charge < -0.3 is 24.6 Å². The summed E-state index contributed by atoms with van der Waals surface area (Å²) in [5.41, 5.74) is 0.729. The van der Waals surface area contributed by atoms with E-state index in [0.717, 1.165) is 39.1 Å². The molecule has 2 amide bonds. The lowest BCUT2D eigenvalue weighted by Gasteiger charge is -2.34. The number of aliphatic hydroxyl groups is 1. The number of anilines is 2. The highest BCUT2D eigenvalue weighted by Crippen LogP contribution is 2.45. The summed E-state index contributed by atoms with van der Waals surface area (Å²) in [6.45, 7) is 5.28. The van der Waals surface area contributed by atoms with Crippen LogP contribution < -0.4 is 10.2 Å². The summed E-state index contributed by atoms with van der Waals surface area (Å²) in [6.07, 6.45) is 0.128. The summed E-state index contributed by atoms with van der Waals surface area (Å²) >= 11 is 0. The Hall–Kier alpha value is -4.32. The molecule has 1 fully saturated rings. The number of carbonyl (C=O) groups is 2. The Kier molecular flexibility index (Phi) is 7.16. The van der Waals surface area contributed by atoms with Gasteiger partial charge in [0, 0.05) is 55.1 Å². The highest BCUT2D eigenvalue weighted by molar-refractivity contribution is 6.12. The van der Waals surface area contributed by atoms with Crippen LogP contribution >= 0.6 is 0 Å². The fraction of sp³-hybridized carbons (Fsp3) is 0.300. The van der Waals surface area contributed by atoms with Gasteiger partial charge in [-0.25, -0.2) is 14.2 Å². The lowest BCUT2D eigenvalue weighted by molar-refractivity contribution is 0.0704. The largest absolute Gasteiger partial charge is 0.449 e. The van der Waals surface area contributed by atoms with Crippen LogP contribution in [0.5, 0.6) is 0 Å². The van der Waals surface area contributed by atoms with Crippen molar-refractivity contribution in [1.29, 1.82) is 0 Å². The van der Waals surface area contributed by atoms with E-state index in [2.05, 4.69) is 32.1 Å². The number of likely N-dealkylation sites (N-methyl/N-ethyl adjacent to an activating group) is 1. The molecule has 4 aromatic rings. The lowest BCUT2D eigenvalue weighted by atomic mass is 9.93.